The van der Waals surface area contributed by atoms with E-state index in [9.17, 15) is 0 Å². The van der Waals surface area contributed by atoms with Gasteiger partial charge in [-0.15, -0.1) is 0 Å². The van der Waals surface area contributed by atoms with Gasteiger partial charge < -0.3 is 10.2 Å². The Hall–Kier alpha value is -2.47. The molecular weight excluding hydrogens is 348 g/mol. The lowest BCUT2D eigenvalue weighted by molar-refractivity contribution is 0.585. The van der Waals surface area contributed by atoms with Crippen molar-refractivity contribution >= 4 is 11.5 Å². The van der Waals surface area contributed by atoms with Gasteiger partial charge in [-0.3, -0.25) is 4.98 Å². The second kappa shape index (κ2) is 9.64. The largest absolute Gasteiger partial charge is 0.354 e. The summed E-state index contributed by atoms with van der Waals surface area (Å²) in [5, 5.41) is 7.86. The average molecular weight is 381 g/mol. The Balaban J connectivity index is 0.000000516. The molecule has 4 rings (SSSR count). The number of rotatable bonds is 4. The van der Waals surface area contributed by atoms with E-state index in [1.54, 1.807) is 0 Å². The lowest BCUT2D eigenvalue weighted by atomic mass is 10.0. The second-order valence-corrected chi connectivity index (χ2v) is 7.83. The predicted octanol–water partition coefficient (Wildman–Crippen LogP) is 3.82. The topological polar surface area (TPSA) is 58.4 Å². The van der Waals surface area contributed by atoms with Crippen LogP contribution in [-0.4, -0.2) is 45.8 Å². The number of anilines is 1. The van der Waals surface area contributed by atoms with Crippen LogP contribution in [0.4, 0.5) is 5.82 Å². The van der Waals surface area contributed by atoms with Crippen LogP contribution in [0.1, 0.15) is 39.8 Å². The third-order valence-electron chi connectivity index (χ3n) is 4.46. The van der Waals surface area contributed by atoms with Crippen LogP contribution in [0.2, 0.25) is 0 Å². The summed E-state index contributed by atoms with van der Waals surface area (Å²) in [6.07, 6.45) is 7.80. The van der Waals surface area contributed by atoms with Crippen LogP contribution in [0, 0.1) is 5.92 Å². The minimum Gasteiger partial charge on any atom is -0.354 e. The van der Waals surface area contributed by atoms with Crippen LogP contribution in [0.3, 0.4) is 0 Å². The summed E-state index contributed by atoms with van der Waals surface area (Å²) in [7, 11) is 0. The van der Waals surface area contributed by atoms with Gasteiger partial charge in [0.25, 0.3) is 0 Å². The van der Waals surface area contributed by atoms with Crippen LogP contribution < -0.4 is 10.2 Å². The Morgan fingerprint density at radius 3 is 2.57 bits per heavy atom. The highest BCUT2D eigenvalue weighted by molar-refractivity contribution is 5.79. The molecule has 3 aromatic heterocycles. The standard InChI is InChI=1S/C18H22N6.C4H10/c1-2-4-16-14(5-3-7-20-16)15-13-21-24-10-6-17(22-18(15)24)23-11-8-19-9-12-23;1-4(2)3/h3,5-7,10,13,19H,2,4,8-9,11-12H2,1H3;4H,1-3H3. The molecule has 1 aliphatic rings. The smallest absolute Gasteiger partial charge is 0.165 e. The van der Waals surface area contributed by atoms with Crippen LogP contribution >= 0.6 is 0 Å². The molecule has 6 heteroatoms. The van der Waals surface area contributed by atoms with Gasteiger partial charge in [-0.25, -0.2) is 9.50 Å². The monoisotopic (exact) mass is 380 g/mol. The quantitative estimate of drug-likeness (QED) is 0.746. The molecule has 0 amide bonds. The molecule has 0 aliphatic carbocycles. The Kier molecular flexibility index (Phi) is 6.98. The average Bonchev–Trinajstić information content (AvgIpc) is 3.12. The minimum atomic E-state index is 0.833. The number of hydrogen-bond donors (Lipinski definition) is 1. The van der Waals surface area contributed by atoms with Crippen molar-refractivity contribution in [2.45, 2.75) is 40.5 Å². The molecule has 1 N–H and O–H groups in total. The maximum Gasteiger partial charge on any atom is 0.165 e. The zero-order valence-electron chi connectivity index (χ0n) is 17.5. The summed E-state index contributed by atoms with van der Waals surface area (Å²) >= 11 is 0. The first-order chi connectivity index (χ1) is 13.6. The highest BCUT2D eigenvalue weighted by atomic mass is 15.3. The molecule has 3 aromatic rings. The van der Waals surface area contributed by atoms with Crippen LogP contribution in [0.5, 0.6) is 0 Å². The van der Waals surface area contributed by atoms with Gasteiger partial charge in [-0.05, 0) is 24.5 Å². The molecule has 1 fully saturated rings. The molecular formula is C22H32N6. The molecule has 0 radical (unpaired) electrons. The Bertz CT molecular complexity index is 877. The minimum absolute atomic E-state index is 0.833. The fourth-order valence-corrected chi connectivity index (χ4v) is 3.24. The van der Waals surface area contributed by atoms with E-state index < -0.39 is 0 Å². The molecule has 6 nitrogen and oxygen atoms in total. The summed E-state index contributed by atoms with van der Waals surface area (Å²) < 4.78 is 1.85. The van der Waals surface area contributed by atoms with E-state index in [0.29, 0.717) is 0 Å². The molecule has 0 spiro atoms. The first kappa shape index (κ1) is 20.3. The number of nitrogens with one attached hydrogen (secondary N) is 1. The highest BCUT2D eigenvalue weighted by Crippen LogP contribution is 2.27. The van der Waals surface area contributed by atoms with E-state index in [4.69, 9.17) is 4.98 Å². The van der Waals surface area contributed by atoms with Crippen molar-refractivity contribution in [3.8, 4) is 11.1 Å². The zero-order chi connectivity index (χ0) is 19.9. The van der Waals surface area contributed by atoms with Crippen molar-refractivity contribution in [1.82, 2.24) is 24.9 Å². The number of pyridine rings is 1. The predicted molar refractivity (Wildman–Crippen MR) is 116 cm³/mol. The van der Waals surface area contributed by atoms with Gasteiger partial charge in [-0.1, -0.05) is 40.2 Å². The van der Waals surface area contributed by atoms with Gasteiger partial charge in [0.2, 0.25) is 0 Å². The number of hydrogen-bond acceptors (Lipinski definition) is 5. The first-order valence-electron chi connectivity index (χ1n) is 10.3. The van der Waals surface area contributed by atoms with Crippen molar-refractivity contribution < 1.29 is 0 Å². The van der Waals surface area contributed by atoms with Gasteiger partial charge >= 0.3 is 0 Å². The molecule has 0 aromatic carbocycles. The first-order valence-corrected chi connectivity index (χ1v) is 10.3. The molecule has 1 saturated heterocycles. The third-order valence-corrected chi connectivity index (χ3v) is 4.46. The van der Waals surface area contributed by atoms with E-state index in [-0.39, 0.29) is 0 Å². The van der Waals surface area contributed by atoms with E-state index >= 15 is 0 Å². The van der Waals surface area contributed by atoms with Crippen molar-refractivity contribution in [3.05, 3.63) is 42.5 Å². The molecule has 0 bridgehead atoms. The summed E-state index contributed by atoms with van der Waals surface area (Å²) in [4.78, 5) is 11.8. The molecule has 1 aliphatic heterocycles. The number of piperazine rings is 1. The van der Waals surface area contributed by atoms with Crippen molar-refractivity contribution in [2.75, 3.05) is 31.1 Å². The van der Waals surface area contributed by atoms with Crippen molar-refractivity contribution in [2.24, 2.45) is 5.92 Å². The number of aromatic nitrogens is 4. The Labute approximate surface area is 168 Å². The summed E-state index contributed by atoms with van der Waals surface area (Å²) in [5.74, 6) is 1.85. The molecule has 0 atom stereocenters. The number of fused-ring (bicyclic) bond motifs is 1. The number of aryl methyl sites for hydroxylation is 1. The maximum absolute atomic E-state index is 4.91. The maximum atomic E-state index is 4.91. The highest BCUT2D eigenvalue weighted by Gasteiger charge is 2.16. The normalized spacial score (nSPS) is 14.2. The van der Waals surface area contributed by atoms with Gasteiger partial charge in [0, 0.05) is 55.4 Å². The van der Waals surface area contributed by atoms with Crippen LogP contribution in [-0.2, 0) is 6.42 Å². The van der Waals surface area contributed by atoms with E-state index in [2.05, 4.69) is 54.1 Å². The lowest BCUT2D eigenvalue weighted by Crippen LogP contribution is -2.43. The zero-order valence-corrected chi connectivity index (χ0v) is 17.5. The molecule has 28 heavy (non-hydrogen) atoms. The number of nitrogens with zero attached hydrogens (tertiary/aromatic N) is 5. The lowest BCUT2D eigenvalue weighted by Gasteiger charge is -2.28. The van der Waals surface area contributed by atoms with Crippen molar-refractivity contribution in [1.29, 1.82) is 0 Å². The van der Waals surface area contributed by atoms with E-state index in [1.807, 2.05) is 35.2 Å². The molecule has 150 valence electrons. The molecule has 0 saturated carbocycles. The molecule has 4 heterocycles. The van der Waals surface area contributed by atoms with E-state index in [0.717, 1.165) is 73.2 Å². The SMILES string of the molecule is CC(C)C.CCCc1ncccc1-c1cnn2ccc(N3CCNCC3)nc12. The van der Waals surface area contributed by atoms with Gasteiger partial charge in [0.05, 0.1) is 6.20 Å². The Morgan fingerprint density at radius 1 is 1.11 bits per heavy atom. The summed E-state index contributed by atoms with van der Waals surface area (Å²) in [6, 6.07) is 6.15. The summed E-state index contributed by atoms with van der Waals surface area (Å²) in [6.45, 7) is 12.7. The van der Waals surface area contributed by atoms with Crippen LogP contribution in [0.15, 0.2) is 36.8 Å². The van der Waals surface area contributed by atoms with Crippen LogP contribution in [0.25, 0.3) is 16.8 Å². The fraction of sp³-hybridized carbons (Fsp3) is 0.500. The van der Waals surface area contributed by atoms with Crippen molar-refractivity contribution in [3.63, 3.8) is 0 Å². The summed E-state index contributed by atoms with van der Waals surface area (Å²) in [5.41, 5.74) is 4.21. The van der Waals surface area contributed by atoms with E-state index in [1.165, 1.54) is 0 Å². The van der Waals surface area contributed by atoms with Gasteiger partial charge in [0.1, 0.15) is 5.82 Å². The molecule has 0 unspecified atom stereocenters. The van der Waals surface area contributed by atoms with Gasteiger partial charge in [-0.2, -0.15) is 5.10 Å². The Morgan fingerprint density at radius 2 is 1.86 bits per heavy atom. The fourth-order valence-electron chi connectivity index (χ4n) is 3.24. The second-order valence-electron chi connectivity index (χ2n) is 7.83. The van der Waals surface area contributed by atoms with Gasteiger partial charge in [0.15, 0.2) is 5.65 Å². The third kappa shape index (κ3) is 4.87.